The Morgan fingerprint density at radius 2 is 1.79 bits per heavy atom. The molecule has 1 aromatic heterocycles. The molecule has 0 radical (unpaired) electrons. The average molecular weight is 387 g/mol. The molecule has 29 heavy (non-hydrogen) atoms. The summed E-state index contributed by atoms with van der Waals surface area (Å²) in [6.07, 6.45) is 1.39. The number of hydrogen-bond donors (Lipinski definition) is 1. The highest BCUT2D eigenvalue weighted by atomic mass is 19.1. The van der Waals surface area contributed by atoms with Crippen molar-refractivity contribution in [2.24, 2.45) is 5.92 Å². The number of halogens is 1. The van der Waals surface area contributed by atoms with E-state index in [1.807, 2.05) is 41.9 Å². The summed E-state index contributed by atoms with van der Waals surface area (Å²) in [6, 6.07) is 16.3. The molecule has 3 aromatic rings. The number of carbonyl (C=O) groups excluding carboxylic acids is 1. The quantitative estimate of drug-likeness (QED) is 0.652. The number of ketones is 1. The van der Waals surface area contributed by atoms with Crippen molar-refractivity contribution < 1.29 is 9.18 Å². The number of aryl methyl sites for hydroxylation is 1. The lowest BCUT2D eigenvalue weighted by Gasteiger charge is -2.35. The second-order valence-electron chi connectivity index (χ2n) is 8.03. The predicted molar refractivity (Wildman–Crippen MR) is 111 cm³/mol. The van der Waals surface area contributed by atoms with Crippen LogP contribution in [0.15, 0.2) is 65.9 Å². The average Bonchev–Trinajstić information content (AvgIpc) is 3.03. The molecular weight excluding hydrogens is 365 g/mol. The van der Waals surface area contributed by atoms with Crippen LogP contribution in [0.4, 0.5) is 10.2 Å². The van der Waals surface area contributed by atoms with Gasteiger partial charge in [-0.05, 0) is 42.5 Å². The third kappa shape index (κ3) is 2.89. The first-order chi connectivity index (χ1) is 14.0. The number of benzene rings is 2. The van der Waals surface area contributed by atoms with Crippen molar-refractivity contribution in [3.05, 3.63) is 82.9 Å². The van der Waals surface area contributed by atoms with Gasteiger partial charge in [0.1, 0.15) is 17.7 Å². The van der Waals surface area contributed by atoms with E-state index >= 15 is 0 Å². The Morgan fingerprint density at radius 3 is 2.52 bits per heavy atom. The van der Waals surface area contributed by atoms with Crippen LogP contribution in [0.5, 0.6) is 0 Å². The summed E-state index contributed by atoms with van der Waals surface area (Å²) in [6.45, 7) is 4.07. The number of aromatic nitrogens is 2. The third-order valence-electron chi connectivity index (χ3n) is 5.83. The molecule has 146 valence electrons. The number of rotatable bonds is 2. The van der Waals surface area contributed by atoms with E-state index in [0.717, 1.165) is 45.9 Å². The lowest BCUT2D eigenvalue weighted by Crippen LogP contribution is -2.33. The first-order valence-corrected chi connectivity index (χ1v) is 9.96. The van der Waals surface area contributed by atoms with Gasteiger partial charge in [0.2, 0.25) is 0 Å². The van der Waals surface area contributed by atoms with Crippen LogP contribution in [-0.2, 0) is 4.79 Å². The first kappa shape index (κ1) is 17.9. The van der Waals surface area contributed by atoms with E-state index in [2.05, 4.69) is 12.2 Å². The fourth-order valence-electron chi connectivity index (χ4n) is 4.59. The van der Waals surface area contributed by atoms with Crippen LogP contribution in [0.25, 0.3) is 11.1 Å². The SMILES string of the molecule is Cc1nn2c(c1-c1ccc(F)cc1)NC1=C(C(=O)CC(C)C1)C2c1ccccc1. The van der Waals surface area contributed by atoms with Gasteiger partial charge >= 0.3 is 0 Å². The Labute approximate surface area is 169 Å². The number of hydrogen-bond acceptors (Lipinski definition) is 3. The van der Waals surface area contributed by atoms with Gasteiger partial charge in [0, 0.05) is 23.3 Å². The van der Waals surface area contributed by atoms with E-state index < -0.39 is 0 Å². The highest BCUT2D eigenvalue weighted by Gasteiger charge is 2.39. The smallest absolute Gasteiger partial charge is 0.163 e. The van der Waals surface area contributed by atoms with Crippen molar-refractivity contribution >= 4 is 11.6 Å². The van der Waals surface area contributed by atoms with Gasteiger partial charge in [0.15, 0.2) is 5.78 Å². The van der Waals surface area contributed by atoms with Gasteiger partial charge in [-0.1, -0.05) is 49.4 Å². The molecule has 0 amide bonds. The summed E-state index contributed by atoms with van der Waals surface area (Å²) in [4.78, 5) is 13.1. The van der Waals surface area contributed by atoms with E-state index in [-0.39, 0.29) is 17.6 Å². The highest BCUT2D eigenvalue weighted by Crippen LogP contribution is 2.45. The van der Waals surface area contributed by atoms with Crippen molar-refractivity contribution in [2.75, 3.05) is 5.32 Å². The molecule has 2 unspecified atom stereocenters. The fourth-order valence-corrected chi connectivity index (χ4v) is 4.59. The molecule has 0 bridgehead atoms. The minimum Gasteiger partial charge on any atom is -0.343 e. The lowest BCUT2D eigenvalue weighted by molar-refractivity contribution is -0.117. The van der Waals surface area contributed by atoms with Gasteiger partial charge in [0.25, 0.3) is 0 Å². The number of allylic oxidation sites excluding steroid dienone is 2. The molecule has 1 N–H and O–H groups in total. The maximum Gasteiger partial charge on any atom is 0.163 e. The minimum absolute atomic E-state index is 0.183. The Kier molecular flexibility index (Phi) is 4.12. The first-order valence-electron chi connectivity index (χ1n) is 9.96. The number of Topliss-reactive ketones (excluding diaryl/α,β-unsaturated/α-hetero) is 1. The molecule has 2 heterocycles. The monoisotopic (exact) mass is 387 g/mol. The van der Waals surface area contributed by atoms with Crippen molar-refractivity contribution in [3.8, 4) is 11.1 Å². The molecule has 5 heteroatoms. The van der Waals surface area contributed by atoms with Crippen molar-refractivity contribution in [2.45, 2.75) is 32.7 Å². The van der Waals surface area contributed by atoms with E-state index in [4.69, 9.17) is 5.10 Å². The summed E-state index contributed by atoms with van der Waals surface area (Å²) in [5, 5.41) is 8.35. The summed E-state index contributed by atoms with van der Waals surface area (Å²) in [7, 11) is 0. The zero-order valence-electron chi connectivity index (χ0n) is 16.4. The highest BCUT2D eigenvalue weighted by molar-refractivity contribution is 6.00. The van der Waals surface area contributed by atoms with Crippen molar-refractivity contribution in [1.82, 2.24) is 9.78 Å². The van der Waals surface area contributed by atoms with Gasteiger partial charge in [-0.3, -0.25) is 4.79 Å². The summed E-state index contributed by atoms with van der Waals surface area (Å²) in [5.41, 5.74) is 5.54. The number of nitrogens with zero attached hydrogens (tertiary/aromatic N) is 2. The Hall–Kier alpha value is -3.21. The number of anilines is 1. The van der Waals surface area contributed by atoms with Gasteiger partial charge < -0.3 is 5.32 Å². The fraction of sp³-hybridized carbons (Fsp3) is 0.250. The van der Waals surface area contributed by atoms with Gasteiger partial charge in [-0.25, -0.2) is 9.07 Å². The van der Waals surface area contributed by atoms with Crippen LogP contribution < -0.4 is 5.32 Å². The maximum absolute atomic E-state index is 13.5. The molecule has 5 rings (SSSR count). The number of nitrogens with one attached hydrogen (secondary N) is 1. The second-order valence-corrected chi connectivity index (χ2v) is 8.03. The molecule has 1 aliphatic heterocycles. The maximum atomic E-state index is 13.5. The number of carbonyl (C=O) groups is 1. The van der Waals surface area contributed by atoms with Crippen LogP contribution in [0.2, 0.25) is 0 Å². The van der Waals surface area contributed by atoms with Crippen molar-refractivity contribution in [1.29, 1.82) is 0 Å². The molecule has 4 nitrogen and oxygen atoms in total. The number of fused-ring (bicyclic) bond motifs is 1. The molecule has 0 fully saturated rings. The zero-order valence-corrected chi connectivity index (χ0v) is 16.4. The third-order valence-corrected chi connectivity index (χ3v) is 5.83. The molecular formula is C24H22FN3O. The lowest BCUT2D eigenvalue weighted by atomic mass is 9.81. The van der Waals surface area contributed by atoms with E-state index in [1.54, 1.807) is 12.1 Å². The zero-order chi connectivity index (χ0) is 20.1. The summed E-state index contributed by atoms with van der Waals surface area (Å²) < 4.78 is 15.4. The van der Waals surface area contributed by atoms with Gasteiger partial charge in [-0.15, -0.1) is 0 Å². The van der Waals surface area contributed by atoms with E-state index in [0.29, 0.717) is 12.3 Å². The largest absolute Gasteiger partial charge is 0.343 e. The standard InChI is InChI=1S/C24H22FN3O/c1-14-12-19-22(20(29)13-14)23(17-6-4-3-5-7-17)28-24(26-19)21(15(2)27-28)16-8-10-18(25)11-9-16/h3-11,14,23,26H,12-13H2,1-2H3. The minimum atomic E-state index is -0.265. The van der Waals surface area contributed by atoms with E-state index in [1.165, 1.54) is 12.1 Å². The molecule has 2 aromatic carbocycles. The van der Waals surface area contributed by atoms with Crippen LogP contribution in [0.3, 0.4) is 0 Å². The molecule has 2 atom stereocenters. The molecule has 0 spiro atoms. The van der Waals surface area contributed by atoms with Gasteiger partial charge in [0.05, 0.1) is 5.69 Å². The normalized spacial score (nSPS) is 20.9. The van der Waals surface area contributed by atoms with Crippen LogP contribution in [0.1, 0.15) is 37.1 Å². The Balaban J connectivity index is 1.74. The topological polar surface area (TPSA) is 46.9 Å². The summed E-state index contributed by atoms with van der Waals surface area (Å²) >= 11 is 0. The van der Waals surface area contributed by atoms with Crippen LogP contribution >= 0.6 is 0 Å². The predicted octanol–water partition coefficient (Wildman–Crippen LogP) is 5.27. The van der Waals surface area contributed by atoms with Crippen molar-refractivity contribution in [3.63, 3.8) is 0 Å². The summed E-state index contributed by atoms with van der Waals surface area (Å²) in [5.74, 6) is 1.08. The van der Waals surface area contributed by atoms with Crippen LogP contribution in [-0.4, -0.2) is 15.6 Å². The molecule has 1 aliphatic carbocycles. The molecule has 0 saturated carbocycles. The second kappa shape index (κ2) is 6.69. The molecule has 2 aliphatic rings. The van der Waals surface area contributed by atoms with E-state index in [9.17, 15) is 9.18 Å². The van der Waals surface area contributed by atoms with Crippen LogP contribution in [0, 0.1) is 18.7 Å². The Bertz CT molecular complexity index is 1130. The molecule has 0 saturated heterocycles. The van der Waals surface area contributed by atoms with Gasteiger partial charge in [-0.2, -0.15) is 5.10 Å². The Morgan fingerprint density at radius 1 is 1.07 bits per heavy atom.